The van der Waals surface area contributed by atoms with Crippen LogP contribution < -0.4 is 5.32 Å². The van der Waals surface area contributed by atoms with Crippen molar-refractivity contribution in [1.29, 1.82) is 0 Å². The third-order valence-electron chi connectivity index (χ3n) is 4.17. The summed E-state index contributed by atoms with van der Waals surface area (Å²) in [5.41, 5.74) is 1.52. The Balaban J connectivity index is 1.88. The van der Waals surface area contributed by atoms with E-state index in [2.05, 4.69) is 20.5 Å². The monoisotopic (exact) mass is 411 g/mol. The van der Waals surface area contributed by atoms with Gasteiger partial charge in [-0.1, -0.05) is 55.1 Å². The number of hydrogen-bond donors (Lipinski definition) is 2. The van der Waals surface area contributed by atoms with Crippen LogP contribution in [0.3, 0.4) is 0 Å². The number of carbonyl (C=O) groups excluding carboxylic acids is 1. The number of H-pyrrole nitrogens is 1. The summed E-state index contributed by atoms with van der Waals surface area (Å²) in [6.07, 6.45) is 1.70. The molecule has 1 heterocycles. The van der Waals surface area contributed by atoms with Gasteiger partial charge in [0.05, 0.1) is 4.92 Å². The van der Waals surface area contributed by atoms with Crippen LogP contribution in [-0.2, 0) is 11.2 Å². The second-order valence-corrected chi connectivity index (χ2v) is 7.56. The van der Waals surface area contributed by atoms with Crippen molar-refractivity contribution >= 4 is 29.0 Å². The molecule has 0 saturated carbocycles. The highest BCUT2D eigenvalue weighted by Gasteiger charge is 2.26. The molecule has 0 bridgehead atoms. The molecule has 0 fully saturated rings. The van der Waals surface area contributed by atoms with Crippen LogP contribution in [0.15, 0.2) is 53.7 Å². The maximum Gasteiger partial charge on any atom is 0.293 e. The molecule has 0 aliphatic carbocycles. The smallest absolute Gasteiger partial charge is 0.293 e. The topological polar surface area (TPSA) is 114 Å². The fourth-order valence-electron chi connectivity index (χ4n) is 2.78. The SMILES string of the molecule is CCCc1nc(SC(C(=O)Nc2ccc(C)cc2[N+](=O)[O-])c2ccccc2)n[nH]1. The number of rotatable bonds is 8. The zero-order valence-corrected chi connectivity index (χ0v) is 16.9. The number of hydrogen-bond acceptors (Lipinski definition) is 6. The molecule has 0 spiro atoms. The largest absolute Gasteiger partial charge is 0.319 e. The van der Waals surface area contributed by atoms with Crippen molar-refractivity contribution in [3.63, 3.8) is 0 Å². The average molecular weight is 411 g/mol. The van der Waals surface area contributed by atoms with Crippen LogP contribution in [0, 0.1) is 17.0 Å². The molecule has 0 saturated heterocycles. The molecule has 1 aromatic heterocycles. The minimum atomic E-state index is -0.664. The lowest BCUT2D eigenvalue weighted by atomic mass is 10.1. The summed E-state index contributed by atoms with van der Waals surface area (Å²) in [5.74, 6) is 0.381. The van der Waals surface area contributed by atoms with E-state index in [1.165, 1.54) is 17.8 Å². The summed E-state index contributed by atoms with van der Waals surface area (Å²) in [6.45, 7) is 3.81. The molecule has 9 heteroatoms. The number of aromatic nitrogens is 3. The van der Waals surface area contributed by atoms with Gasteiger partial charge in [0.15, 0.2) is 0 Å². The minimum absolute atomic E-state index is 0.140. The van der Waals surface area contributed by atoms with E-state index >= 15 is 0 Å². The first-order valence-electron chi connectivity index (χ1n) is 9.16. The van der Waals surface area contributed by atoms with Crippen molar-refractivity contribution in [3.05, 3.63) is 75.6 Å². The fourth-order valence-corrected chi connectivity index (χ4v) is 3.71. The van der Waals surface area contributed by atoms with Gasteiger partial charge >= 0.3 is 0 Å². The highest BCUT2D eigenvalue weighted by atomic mass is 32.2. The van der Waals surface area contributed by atoms with Crippen LogP contribution in [0.2, 0.25) is 0 Å². The second kappa shape index (κ2) is 9.33. The van der Waals surface area contributed by atoms with E-state index in [4.69, 9.17) is 0 Å². The summed E-state index contributed by atoms with van der Waals surface area (Å²) in [7, 11) is 0. The normalized spacial score (nSPS) is 11.8. The third-order valence-corrected chi connectivity index (χ3v) is 5.28. The number of anilines is 1. The van der Waals surface area contributed by atoms with Crippen LogP contribution in [0.1, 0.15) is 35.5 Å². The Bertz CT molecular complexity index is 1010. The predicted molar refractivity (Wildman–Crippen MR) is 112 cm³/mol. The summed E-state index contributed by atoms with van der Waals surface area (Å²) in [4.78, 5) is 28.4. The van der Waals surface area contributed by atoms with E-state index < -0.39 is 10.2 Å². The molecule has 8 nitrogen and oxygen atoms in total. The van der Waals surface area contributed by atoms with Gasteiger partial charge in [-0.2, -0.15) is 0 Å². The van der Waals surface area contributed by atoms with Crippen molar-refractivity contribution in [2.24, 2.45) is 0 Å². The Labute approximate surface area is 172 Å². The van der Waals surface area contributed by atoms with Crippen LogP contribution in [-0.4, -0.2) is 26.0 Å². The maximum atomic E-state index is 13.1. The van der Waals surface area contributed by atoms with Crippen molar-refractivity contribution in [2.45, 2.75) is 37.1 Å². The number of benzene rings is 2. The lowest BCUT2D eigenvalue weighted by Crippen LogP contribution is -2.20. The van der Waals surface area contributed by atoms with Gasteiger partial charge in [0.1, 0.15) is 16.8 Å². The number of nitro benzene ring substituents is 1. The summed E-state index contributed by atoms with van der Waals surface area (Å²) in [6, 6.07) is 13.9. The summed E-state index contributed by atoms with van der Waals surface area (Å²) in [5, 5.41) is 20.9. The van der Waals surface area contributed by atoms with E-state index in [1.807, 2.05) is 37.3 Å². The summed E-state index contributed by atoms with van der Waals surface area (Å²) < 4.78 is 0. The molecule has 29 heavy (non-hydrogen) atoms. The molecular weight excluding hydrogens is 390 g/mol. The molecule has 3 rings (SSSR count). The number of nitro groups is 1. The fraction of sp³-hybridized carbons (Fsp3) is 0.250. The highest BCUT2D eigenvalue weighted by Crippen LogP contribution is 2.35. The number of nitrogens with zero attached hydrogens (tertiary/aromatic N) is 3. The average Bonchev–Trinajstić information content (AvgIpc) is 3.15. The minimum Gasteiger partial charge on any atom is -0.319 e. The Morgan fingerprint density at radius 3 is 2.72 bits per heavy atom. The Morgan fingerprint density at radius 1 is 1.28 bits per heavy atom. The zero-order valence-electron chi connectivity index (χ0n) is 16.1. The molecular formula is C20H21N5O3S. The number of aromatic amines is 1. The molecule has 1 amide bonds. The molecule has 2 N–H and O–H groups in total. The quantitative estimate of drug-likeness (QED) is 0.322. The van der Waals surface area contributed by atoms with Gasteiger partial charge in [-0.25, -0.2) is 4.98 Å². The van der Waals surface area contributed by atoms with Crippen LogP contribution in [0.5, 0.6) is 0 Å². The van der Waals surface area contributed by atoms with Gasteiger partial charge in [0.25, 0.3) is 5.69 Å². The van der Waals surface area contributed by atoms with E-state index in [0.717, 1.165) is 29.8 Å². The van der Waals surface area contributed by atoms with Gasteiger partial charge in [-0.15, -0.1) is 5.10 Å². The Hall–Kier alpha value is -3.20. The van der Waals surface area contributed by atoms with Crippen LogP contribution in [0.4, 0.5) is 11.4 Å². The number of nitrogens with one attached hydrogen (secondary N) is 2. The lowest BCUT2D eigenvalue weighted by molar-refractivity contribution is -0.384. The number of carbonyl (C=O) groups is 1. The first kappa shape index (κ1) is 20.5. The van der Waals surface area contributed by atoms with Crippen LogP contribution >= 0.6 is 11.8 Å². The Kier molecular flexibility index (Phi) is 6.61. The van der Waals surface area contributed by atoms with E-state index in [1.54, 1.807) is 19.1 Å². The molecule has 1 unspecified atom stereocenters. The predicted octanol–water partition coefficient (Wildman–Crippen LogP) is 4.45. The standard InChI is InChI=1S/C20H21N5O3S/c1-3-7-17-22-20(24-23-17)29-18(14-8-5-4-6-9-14)19(26)21-15-11-10-13(2)12-16(15)25(27)28/h4-6,8-12,18H,3,7H2,1-2H3,(H,21,26)(H,22,23,24). The van der Waals surface area contributed by atoms with Gasteiger partial charge < -0.3 is 5.32 Å². The first-order valence-corrected chi connectivity index (χ1v) is 10.0. The Morgan fingerprint density at radius 2 is 2.03 bits per heavy atom. The third kappa shape index (κ3) is 5.20. The van der Waals surface area contributed by atoms with E-state index in [-0.39, 0.29) is 17.3 Å². The number of amides is 1. The lowest BCUT2D eigenvalue weighted by Gasteiger charge is -2.15. The number of thioether (sulfide) groups is 1. The van der Waals surface area contributed by atoms with Gasteiger partial charge in [-0.3, -0.25) is 20.0 Å². The second-order valence-electron chi connectivity index (χ2n) is 6.49. The molecule has 150 valence electrons. The molecule has 1 atom stereocenters. The first-order chi connectivity index (χ1) is 14.0. The molecule has 0 aliphatic rings. The van der Waals surface area contributed by atoms with Gasteiger partial charge in [0.2, 0.25) is 11.1 Å². The van der Waals surface area contributed by atoms with Gasteiger partial charge in [-0.05, 0) is 30.5 Å². The van der Waals surface area contributed by atoms with Crippen molar-refractivity contribution in [2.75, 3.05) is 5.32 Å². The number of aryl methyl sites for hydroxylation is 2. The van der Waals surface area contributed by atoms with E-state index in [0.29, 0.717) is 5.16 Å². The molecule has 0 aliphatic heterocycles. The molecule has 2 aromatic carbocycles. The van der Waals surface area contributed by atoms with Crippen LogP contribution in [0.25, 0.3) is 0 Å². The maximum absolute atomic E-state index is 13.1. The highest BCUT2D eigenvalue weighted by molar-refractivity contribution is 8.00. The van der Waals surface area contributed by atoms with Gasteiger partial charge in [0, 0.05) is 12.5 Å². The molecule has 0 radical (unpaired) electrons. The summed E-state index contributed by atoms with van der Waals surface area (Å²) >= 11 is 1.20. The van der Waals surface area contributed by atoms with Crippen molar-refractivity contribution < 1.29 is 9.72 Å². The molecule has 3 aromatic rings. The van der Waals surface area contributed by atoms with Crippen molar-refractivity contribution in [3.8, 4) is 0 Å². The van der Waals surface area contributed by atoms with Crippen molar-refractivity contribution in [1.82, 2.24) is 15.2 Å². The van der Waals surface area contributed by atoms with E-state index in [9.17, 15) is 14.9 Å². The zero-order chi connectivity index (χ0) is 20.8.